The average molecular weight is 427 g/mol. The molecule has 0 radical (unpaired) electrons. The van der Waals surface area contributed by atoms with E-state index < -0.39 is 10.0 Å². The lowest BCUT2D eigenvalue weighted by Crippen LogP contribution is -2.40. The van der Waals surface area contributed by atoms with Gasteiger partial charge in [0.1, 0.15) is 0 Å². The summed E-state index contributed by atoms with van der Waals surface area (Å²) in [4.78, 5) is 2.39. The standard InChI is InChI=1S/C23H26N2O2S2/c1-18-5-4-6-19(13-18)17-29(26,27)24-14-23(22-10-12-28-16-22)25-11-9-20-7-2-3-8-21(20)15-25/h2-8,10,12-13,16,23-24H,9,11,14-15,17H2,1H3/t23-/m0/s1. The van der Waals surface area contributed by atoms with Crippen molar-refractivity contribution >= 4 is 21.4 Å². The van der Waals surface area contributed by atoms with E-state index in [-0.39, 0.29) is 11.8 Å². The van der Waals surface area contributed by atoms with Crippen molar-refractivity contribution in [1.82, 2.24) is 9.62 Å². The highest BCUT2D eigenvalue weighted by Crippen LogP contribution is 2.29. The van der Waals surface area contributed by atoms with E-state index in [2.05, 4.69) is 50.7 Å². The number of rotatable bonds is 7. The Morgan fingerprint density at radius 3 is 2.69 bits per heavy atom. The van der Waals surface area contributed by atoms with E-state index in [9.17, 15) is 8.42 Å². The Labute approximate surface area is 177 Å². The topological polar surface area (TPSA) is 49.4 Å². The molecule has 0 fully saturated rings. The van der Waals surface area contributed by atoms with Crippen LogP contribution in [0.25, 0.3) is 0 Å². The van der Waals surface area contributed by atoms with Crippen LogP contribution in [0.3, 0.4) is 0 Å². The molecule has 29 heavy (non-hydrogen) atoms. The number of aryl methyl sites for hydroxylation is 1. The third-order valence-electron chi connectivity index (χ3n) is 5.46. The second-order valence-electron chi connectivity index (χ2n) is 7.66. The van der Waals surface area contributed by atoms with E-state index in [0.717, 1.165) is 30.6 Å². The predicted molar refractivity (Wildman–Crippen MR) is 119 cm³/mol. The number of thiophene rings is 1. The maximum Gasteiger partial charge on any atom is 0.215 e. The Hall–Kier alpha value is -1.99. The van der Waals surface area contributed by atoms with Crippen LogP contribution in [0.5, 0.6) is 0 Å². The summed E-state index contributed by atoms with van der Waals surface area (Å²) in [7, 11) is -3.41. The molecule has 0 saturated heterocycles. The minimum Gasteiger partial charge on any atom is -0.290 e. The van der Waals surface area contributed by atoms with Crippen LogP contribution >= 0.6 is 11.3 Å². The molecule has 0 amide bonds. The molecule has 1 aromatic heterocycles. The van der Waals surface area contributed by atoms with Gasteiger partial charge in [-0.3, -0.25) is 4.90 Å². The molecule has 1 aliphatic rings. The summed E-state index contributed by atoms with van der Waals surface area (Å²) >= 11 is 1.65. The first kappa shape index (κ1) is 20.3. The third-order valence-corrected chi connectivity index (χ3v) is 7.49. The molecule has 2 heterocycles. The largest absolute Gasteiger partial charge is 0.290 e. The van der Waals surface area contributed by atoms with Gasteiger partial charge in [0, 0.05) is 25.7 Å². The first-order chi connectivity index (χ1) is 14.0. The van der Waals surface area contributed by atoms with E-state index in [1.54, 1.807) is 11.3 Å². The van der Waals surface area contributed by atoms with Crippen LogP contribution < -0.4 is 4.72 Å². The first-order valence-corrected chi connectivity index (χ1v) is 12.5. The van der Waals surface area contributed by atoms with Gasteiger partial charge < -0.3 is 0 Å². The molecule has 2 aromatic carbocycles. The molecule has 0 bridgehead atoms. The van der Waals surface area contributed by atoms with Crippen molar-refractivity contribution in [3.63, 3.8) is 0 Å². The molecule has 1 atom stereocenters. The highest BCUT2D eigenvalue weighted by molar-refractivity contribution is 7.88. The van der Waals surface area contributed by atoms with Gasteiger partial charge in [0.05, 0.1) is 5.75 Å². The lowest BCUT2D eigenvalue weighted by molar-refractivity contribution is 0.180. The SMILES string of the molecule is Cc1cccc(CS(=O)(=O)NC[C@@H](c2ccsc2)N2CCc3ccccc3C2)c1. The number of benzene rings is 2. The average Bonchev–Trinajstić information content (AvgIpc) is 3.22. The molecule has 0 aliphatic carbocycles. The van der Waals surface area contributed by atoms with Crippen LogP contribution in [0.2, 0.25) is 0 Å². The molecule has 0 unspecified atom stereocenters. The van der Waals surface area contributed by atoms with Crippen molar-refractivity contribution in [2.45, 2.75) is 31.7 Å². The fraction of sp³-hybridized carbons (Fsp3) is 0.304. The molecular formula is C23H26N2O2S2. The molecule has 3 aromatic rings. The van der Waals surface area contributed by atoms with Gasteiger partial charge in [0.15, 0.2) is 0 Å². The van der Waals surface area contributed by atoms with Gasteiger partial charge in [-0.05, 0) is 52.4 Å². The van der Waals surface area contributed by atoms with Crippen molar-refractivity contribution in [1.29, 1.82) is 0 Å². The summed E-state index contributed by atoms with van der Waals surface area (Å²) in [5.74, 6) is 0.00781. The zero-order chi connectivity index (χ0) is 20.3. The van der Waals surface area contributed by atoms with Crippen LogP contribution in [0.1, 0.15) is 33.9 Å². The van der Waals surface area contributed by atoms with Crippen LogP contribution in [0.4, 0.5) is 0 Å². The highest BCUT2D eigenvalue weighted by atomic mass is 32.2. The van der Waals surface area contributed by atoms with E-state index >= 15 is 0 Å². The lowest BCUT2D eigenvalue weighted by atomic mass is 9.97. The third kappa shape index (κ3) is 5.14. The van der Waals surface area contributed by atoms with Crippen molar-refractivity contribution in [3.05, 3.63) is 93.2 Å². The van der Waals surface area contributed by atoms with E-state index in [4.69, 9.17) is 0 Å². The monoisotopic (exact) mass is 426 g/mol. The van der Waals surface area contributed by atoms with E-state index in [1.165, 1.54) is 16.7 Å². The van der Waals surface area contributed by atoms with Gasteiger partial charge in [-0.15, -0.1) is 0 Å². The van der Waals surface area contributed by atoms with E-state index in [0.29, 0.717) is 6.54 Å². The molecule has 152 valence electrons. The predicted octanol–water partition coefficient (Wildman–Crippen LogP) is 4.28. The second-order valence-corrected chi connectivity index (χ2v) is 10.2. The fourth-order valence-electron chi connectivity index (χ4n) is 3.98. The minimum atomic E-state index is -3.41. The zero-order valence-corrected chi connectivity index (χ0v) is 18.2. The van der Waals surface area contributed by atoms with Gasteiger partial charge in [0.2, 0.25) is 10.0 Å². The van der Waals surface area contributed by atoms with Crippen LogP contribution in [0, 0.1) is 6.92 Å². The molecular weight excluding hydrogens is 400 g/mol. The second kappa shape index (κ2) is 8.79. The van der Waals surface area contributed by atoms with Crippen molar-refractivity contribution in [2.75, 3.05) is 13.1 Å². The van der Waals surface area contributed by atoms with Gasteiger partial charge in [0.25, 0.3) is 0 Å². The molecule has 0 spiro atoms. The maximum absolute atomic E-state index is 12.7. The van der Waals surface area contributed by atoms with Gasteiger partial charge in [-0.1, -0.05) is 54.1 Å². The molecule has 1 N–H and O–H groups in total. The van der Waals surface area contributed by atoms with Crippen molar-refractivity contribution in [3.8, 4) is 0 Å². The van der Waals surface area contributed by atoms with Crippen LogP contribution in [0.15, 0.2) is 65.4 Å². The molecule has 6 heteroatoms. The minimum absolute atomic E-state index is 0.00781. The molecule has 4 rings (SSSR count). The number of nitrogens with zero attached hydrogens (tertiary/aromatic N) is 1. The van der Waals surface area contributed by atoms with Crippen LogP contribution in [-0.4, -0.2) is 26.4 Å². The molecule has 0 saturated carbocycles. The smallest absolute Gasteiger partial charge is 0.215 e. The number of hydrogen-bond donors (Lipinski definition) is 1. The van der Waals surface area contributed by atoms with Crippen LogP contribution in [-0.2, 0) is 28.7 Å². The normalized spacial score (nSPS) is 15.8. The quantitative estimate of drug-likeness (QED) is 0.614. The first-order valence-electron chi connectivity index (χ1n) is 9.86. The van der Waals surface area contributed by atoms with Gasteiger partial charge in [-0.2, -0.15) is 11.3 Å². The number of hydrogen-bond acceptors (Lipinski definition) is 4. The Bertz CT molecular complexity index is 1060. The fourth-order valence-corrected chi connectivity index (χ4v) is 5.82. The Morgan fingerprint density at radius 2 is 1.93 bits per heavy atom. The van der Waals surface area contributed by atoms with Gasteiger partial charge >= 0.3 is 0 Å². The molecule has 4 nitrogen and oxygen atoms in total. The number of fused-ring (bicyclic) bond motifs is 1. The van der Waals surface area contributed by atoms with Gasteiger partial charge in [-0.25, -0.2) is 13.1 Å². The maximum atomic E-state index is 12.7. The number of sulfonamides is 1. The Kier molecular flexibility index (Phi) is 6.15. The summed E-state index contributed by atoms with van der Waals surface area (Å²) in [6.07, 6.45) is 0.993. The Balaban J connectivity index is 1.48. The summed E-state index contributed by atoms with van der Waals surface area (Å²) in [6, 6.07) is 18.3. The zero-order valence-electron chi connectivity index (χ0n) is 16.5. The number of nitrogens with one attached hydrogen (secondary N) is 1. The lowest BCUT2D eigenvalue weighted by Gasteiger charge is -2.35. The molecule has 1 aliphatic heterocycles. The van der Waals surface area contributed by atoms with Crippen molar-refractivity contribution < 1.29 is 8.42 Å². The summed E-state index contributed by atoms with van der Waals surface area (Å²) in [6.45, 7) is 4.13. The Morgan fingerprint density at radius 1 is 1.10 bits per heavy atom. The summed E-state index contributed by atoms with van der Waals surface area (Å²) in [5.41, 5.74) is 5.79. The van der Waals surface area contributed by atoms with Crippen molar-refractivity contribution in [2.24, 2.45) is 0 Å². The highest BCUT2D eigenvalue weighted by Gasteiger charge is 2.26. The summed E-state index contributed by atoms with van der Waals surface area (Å²) in [5, 5.41) is 4.18. The van der Waals surface area contributed by atoms with E-state index in [1.807, 2.05) is 31.2 Å². The summed E-state index contributed by atoms with van der Waals surface area (Å²) < 4.78 is 28.4.